The summed E-state index contributed by atoms with van der Waals surface area (Å²) in [4.78, 5) is 0. The van der Waals surface area contributed by atoms with E-state index < -0.39 is 0 Å². The Hall–Kier alpha value is -1.32. The van der Waals surface area contributed by atoms with Gasteiger partial charge >= 0.3 is 0 Å². The van der Waals surface area contributed by atoms with E-state index in [1.54, 1.807) is 0 Å². The van der Waals surface area contributed by atoms with E-state index in [-0.39, 0.29) is 0 Å². The third-order valence-corrected chi connectivity index (χ3v) is 4.02. The van der Waals surface area contributed by atoms with Crippen molar-refractivity contribution >= 4 is 11.6 Å². The van der Waals surface area contributed by atoms with Crippen LogP contribution in [-0.2, 0) is 13.1 Å². The molecule has 3 nitrogen and oxygen atoms in total. The van der Waals surface area contributed by atoms with Crippen LogP contribution in [0.15, 0.2) is 24.3 Å². The topological polar surface area (TPSA) is 29.9 Å². The predicted molar refractivity (Wildman–Crippen MR) is 84.3 cm³/mol. The zero-order valence-electron chi connectivity index (χ0n) is 12.4. The summed E-state index contributed by atoms with van der Waals surface area (Å²) in [6, 6.07) is 8.49. The first kappa shape index (κ1) is 15.1. The maximum absolute atomic E-state index is 6.21. The second-order valence-electron chi connectivity index (χ2n) is 5.09. The molecule has 20 heavy (non-hydrogen) atoms. The molecule has 0 unspecified atom stereocenters. The quantitative estimate of drug-likeness (QED) is 0.823. The van der Waals surface area contributed by atoms with Crippen LogP contribution in [0, 0.1) is 13.8 Å². The van der Waals surface area contributed by atoms with Crippen LogP contribution in [0.25, 0.3) is 0 Å². The van der Waals surface area contributed by atoms with Crippen molar-refractivity contribution in [3.05, 3.63) is 51.8 Å². The van der Waals surface area contributed by atoms with Gasteiger partial charge in [0.05, 0.1) is 23.0 Å². The molecule has 0 saturated carbocycles. The Bertz CT molecular complexity index is 575. The molecular formula is C16H22ClN3. The summed E-state index contributed by atoms with van der Waals surface area (Å²) >= 11 is 6.21. The first-order chi connectivity index (χ1) is 9.63. The molecule has 2 rings (SSSR count). The number of nitrogens with one attached hydrogen (secondary N) is 1. The first-order valence-electron chi connectivity index (χ1n) is 7.10. The third kappa shape index (κ3) is 3.41. The second kappa shape index (κ2) is 6.91. The van der Waals surface area contributed by atoms with Gasteiger partial charge in [0, 0.05) is 6.54 Å². The Balaban J connectivity index is 2.18. The summed E-state index contributed by atoms with van der Waals surface area (Å²) in [7, 11) is 0. The summed E-state index contributed by atoms with van der Waals surface area (Å²) in [5, 5.41) is 8.73. The first-order valence-corrected chi connectivity index (χ1v) is 7.48. The van der Waals surface area contributed by atoms with Crippen LogP contribution in [0.2, 0.25) is 5.02 Å². The third-order valence-electron chi connectivity index (χ3n) is 3.47. The minimum absolute atomic E-state index is 0.767. The molecule has 2 aromatic rings. The van der Waals surface area contributed by atoms with Gasteiger partial charge in [0.25, 0.3) is 0 Å². The van der Waals surface area contributed by atoms with Gasteiger partial charge in [-0.3, -0.25) is 4.68 Å². The van der Waals surface area contributed by atoms with E-state index in [1.165, 1.54) is 11.1 Å². The van der Waals surface area contributed by atoms with Gasteiger partial charge in [-0.15, -0.1) is 0 Å². The van der Waals surface area contributed by atoms with Gasteiger partial charge in [-0.05, 0) is 37.9 Å². The molecule has 1 aromatic heterocycles. The molecule has 0 bridgehead atoms. The van der Waals surface area contributed by atoms with Gasteiger partial charge < -0.3 is 5.32 Å². The maximum atomic E-state index is 6.21. The van der Waals surface area contributed by atoms with Gasteiger partial charge in [-0.2, -0.15) is 5.10 Å². The highest BCUT2D eigenvalue weighted by molar-refractivity contribution is 6.31. The van der Waals surface area contributed by atoms with Gasteiger partial charge in [0.15, 0.2) is 0 Å². The Morgan fingerprint density at radius 2 is 1.90 bits per heavy atom. The number of hydrogen-bond donors (Lipinski definition) is 1. The lowest BCUT2D eigenvalue weighted by Crippen LogP contribution is -2.16. The average Bonchev–Trinajstić information content (AvgIpc) is 2.68. The fourth-order valence-corrected chi connectivity index (χ4v) is 2.41. The molecule has 0 saturated heterocycles. The summed E-state index contributed by atoms with van der Waals surface area (Å²) < 4.78 is 1.98. The van der Waals surface area contributed by atoms with Crippen molar-refractivity contribution in [1.82, 2.24) is 15.1 Å². The molecule has 0 aliphatic rings. The van der Waals surface area contributed by atoms with Crippen molar-refractivity contribution in [2.45, 2.75) is 40.3 Å². The maximum Gasteiger partial charge on any atom is 0.0844 e. The van der Waals surface area contributed by atoms with Crippen molar-refractivity contribution in [2.75, 3.05) is 6.54 Å². The van der Waals surface area contributed by atoms with Crippen LogP contribution in [0.4, 0.5) is 0 Å². The SMILES string of the molecule is CCCNCc1ccccc1Cn1nc(C)c(Cl)c1C. The minimum Gasteiger partial charge on any atom is -0.313 e. The standard InChI is InChI=1S/C16H22ClN3/c1-4-9-18-10-14-7-5-6-8-15(14)11-20-13(3)16(17)12(2)19-20/h5-8,18H,4,9-11H2,1-3H3. The Labute approximate surface area is 126 Å². The smallest absolute Gasteiger partial charge is 0.0844 e. The molecule has 0 fully saturated rings. The number of rotatable bonds is 6. The second-order valence-corrected chi connectivity index (χ2v) is 5.47. The molecule has 0 spiro atoms. The molecule has 4 heteroatoms. The van der Waals surface area contributed by atoms with Crippen molar-refractivity contribution in [1.29, 1.82) is 0 Å². The number of benzene rings is 1. The molecule has 0 atom stereocenters. The van der Waals surface area contributed by atoms with Gasteiger partial charge in [0.2, 0.25) is 0 Å². The molecule has 1 heterocycles. The van der Waals surface area contributed by atoms with Gasteiger partial charge in [-0.25, -0.2) is 0 Å². The lowest BCUT2D eigenvalue weighted by molar-refractivity contribution is 0.636. The Morgan fingerprint density at radius 1 is 1.20 bits per heavy atom. The zero-order chi connectivity index (χ0) is 14.5. The molecule has 0 radical (unpaired) electrons. The van der Waals surface area contributed by atoms with Gasteiger partial charge in [0.1, 0.15) is 0 Å². The highest BCUT2D eigenvalue weighted by atomic mass is 35.5. The van der Waals surface area contributed by atoms with E-state index in [2.05, 4.69) is 41.6 Å². The van der Waals surface area contributed by atoms with Crippen molar-refractivity contribution in [3.8, 4) is 0 Å². The number of aromatic nitrogens is 2. The number of nitrogens with zero attached hydrogens (tertiary/aromatic N) is 2. The molecule has 108 valence electrons. The molecule has 1 aromatic carbocycles. The van der Waals surface area contributed by atoms with Crippen LogP contribution < -0.4 is 5.32 Å². The van der Waals surface area contributed by atoms with E-state index >= 15 is 0 Å². The summed E-state index contributed by atoms with van der Waals surface area (Å²) in [6.45, 7) is 8.85. The van der Waals surface area contributed by atoms with E-state index in [0.717, 1.165) is 42.5 Å². The number of aryl methyl sites for hydroxylation is 1. The highest BCUT2D eigenvalue weighted by Crippen LogP contribution is 2.20. The predicted octanol–water partition coefficient (Wildman–Crippen LogP) is 3.70. The van der Waals surface area contributed by atoms with Crippen LogP contribution in [0.5, 0.6) is 0 Å². The Kier molecular flexibility index (Phi) is 5.21. The fraction of sp³-hybridized carbons (Fsp3) is 0.438. The number of halogens is 1. The fourth-order valence-electron chi connectivity index (χ4n) is 2.27. The largest absolute Gasteiger partial charge is 0.313 e. The Morgan fingerprint density at radius 3 is 2.50 bits per heavy atom. The number of hydrogen-bond acceptors (Lipinski definition) is 2. The summed E-state index contributed by atoms with van der Waals surface area (Å²) in [6.07, 6.45) is 1.15. The summed E-state index contributed by atoms with van der Waals surface area (Å²) in [5.41, 5.74) is 4.54. The van der Waals surface area contributed by atoms with Crippen molar-refractivity contribution < 1.29 is 0 Å². The normalized spacial score (nSPS) is 11.0. The van der Waals surface area contributed by atoms with Crippen LogP contribution >= 0.6 is 11.6 Å². The lowest BCUT2D eigenvalue weighted by Gasteiger charge is -2.11. The molecule has 0 aliphatic carbocycles. The van der Waals surface area contributed by atoms with Crippen LogP contribution in [0.3, 0.4) is 0 Å². The monoisotopic (exact) mass is 291 g/mol. The zero-order valence-corrected chi connectivity index (χ0v) is 13.2. The highest BCUT2D eigenvalue weighted by Gasteiger charge is 2.10. The van der Waals surface area contributed by atoms with Crippen LogP contribution in [0.1, 0.15) is 35.9 Å². The van der Waals surface area contributed by atoms with E-state index in [4.69, 9.17) is 11.6 Å². The van der Waals surface area contributed by atoms with E-state index in [1.807, 2.05) is 18.5 Å². The van der Waals surface area contributed by atoms with Crippen molar-refractivity contribution in [3.63, 3.8) is 0 Å². The van der Waals surface area contributed by atoms with E-state index in [0.29, 0.717) is 0 Å². The van der Waals surface area contributed by atoms with Gasteiger partial charge in [-0.1, -0.05) is 42.8 Å². The van der Waals surface area contributed by atoms with E-state index in [9.17, 15) is 0 Å². The molecule has 0 amide bonds. The lowest BCUT2D eigenvalue weighted by atomic mass is 10.1. The average molecular weight is 292 g/mol. The van der Waals surface area contributed by atoms with Crippen LogP contribution in [-0.4, -0.2) is 16.3 Å². The molecular weight excluding hydrogens is 270 g/mol. The van der Waals surface area contributed by atoms with Crippen molar-refractivity contribution in [2.24, 2.45) is 0 Å². The minimum atomic E-state index is 0.767. The molecule has 1 N–H and O–H groups in total. The molecule has 0 aliphatic heterocycles. The summed E-state index contributed by atoms with van der Waals surface area (Å²) in [5.74, 6) is 0.